The maximum absolute atomic E-state index is 12.6. The van der Waals surface area contributed by atoms with Crippen LogP contribution >= 0.6 is 11.3 Å². The van der Waals surface area contributed by atoms with Crippen LogP contribution in [0.5, 0.6) is 0 Å². The van der Waals surface area contributed by atoms with Crippen molar-refractivity contribution in [3.05, 3.63) is 91.5 Å². The van der Waals surface area contributed by atoms with Gasteiger partial charge in [0, 0.05) is 11.8 Å². The third-order valence-corrected chi connectivity index (χ3v) is 5.83. The molecule has 0 bridgehead atoms. The normalized spacial score (nSPS) is 10.9. The third-order valence-electron chi connectivity index (χ3n) is 4.86. The van der Waals surface area contributed by atoms with E-state index < -0.39 is 4.92 Å². The van der Waals surface area contributed by atoms with Gasteiger partial charge in [0.15, 0.2) is 5.82 Å². The monoisotopic (exact) mass is 436 g/mol. The molecule has 0 spiro atoms. The molecule has 0 unspecified atom stereocenters. The molecule has 4 rings (SSSR count). The molecule has 0 atom stereocenters. The zero-order valence-electron chi connectivity index (χ0n) is 17.0. The van der Waals surface area contributed by atoms with Crippen LogP contribution in [0.4, 0.5) is 11.5 Å². The summed E-state index contributed by atoms with van der Waals surface area (Å²) >= 11 is 1.30. The molecule has 0 saturated carbocycles. The number of carbonyl (C=O) groups is 1. The van der Waals surface area contributed by atoms with Crippen molar-refractivity contribution in [1.82, 2.24) is 19.6 Å². The number of anilines is 1. The smallest absolute Gasteiger partial charge is 0.304 e. The van der Waals surface area contributed by atoms with E-state index in [-0.39, 0.29) is 11.6 Å². The van der Waals surface area contributed by atoms with Gasteiger partial charge >= 0.3 is 5.69 Å². The van der Waals surface area contributed by atoms with Crippen molar-refractivity contribution >= 4 is 28.7 Å². The zero-order chi connectivity index (χ0) is 22.0. The van der Waals surface area contributed by atoms with E-state index in [0.29, 0.717) is 23.8 Å². The number of aromatic nitrogens is 4. The molecule has 0 saturated heterocycles. The summed E-state index contributed by atoms with van der Waals surface area (Å²) in [6.45, 7) is 5.00. The minimum atomic E-state index is -0.490. The number of hydrogen-bond acceptors (Lipinski definition) is 6. The average molecular weight is 436 g/mol. The SMILES string of the molecule is Cc1ccccc1Cn1nc(NC(=O)c2cc(Cn3cc([N+](=O)[O-])cn3)cs2)cc1C. The van der Waals surface area contributed by atoms with Gasteiger partial charge in [0.1, 0.15) is 12.4 Å². The van der Waals surface area contributed by atoms with Crippen LogP contribution < -0.4 is 5.32 Å². The van der Waals surface area contributed by atoms with E-state index in [0.717, 1.165) is 11.3 Å². The summed E-state index contributed by atoms with van der Waals surface area (Å²) in [4.78, 5) is 23.5. The van der Waals surface area contributed by atoms with Crippen LogP contribution in [0, 0.1) is 24.0 Å². The Morgan fingerprint density at radius 3 is 2.77 bits per heavy atom. The molecule has 1 aromatic carbocycles. The van der Waals surface area contributed by atoms with Crippen LogP contribution in [0.1, 0.15) is 32.1 Å². The number of benzene rings is 1. The standard InChI is InChI=1S/C21H20N6O3S/c1-14-5-3-4-6-17(14)11-26-15(2)7-20(24-26)23-21(28)19-8-16(13-31-19)10-25-12-18(9-22-25)27(29)30/h3-9,12-13H,10-11H2,1-2H3,(H,23,24,28). The van der Waals surface area contributed by atoms with Crippen molar-refractivity contribution in [3.63, 3.8) is 0 Å². The lowest BCUT2D eigenvalue weighted by atomic mass is 10.1. The first-order chi connectivity index (χ1) is 14.9. The molecule has 9 nitrogen and oxygen atoms in total. The van der Waals surface area contributed by atoms with Gasteiger partial charge in [-0.15, -0.1) is 11.3 Å². The molecule has 0 fully saturated rings. The summed E-state index contributed by atoms with van der Waals surface area (Å²) < 4.78 is 3.33. The number of nitrogens with one attached hydrogen (secondary N) is 1. The highest BCUT2D eigenvalue weighted by atomic mass is 32.1. The first-order valence-corrected chi connectivity index (χ1v) is 10.4. The Balaban J connectivity index is 1.42. The van der Waals surface area contributed by atoms with Crippen LogP contribution in [-0.2, 0) is 13.1 Å². The molecule has 0 radical (unpaired) electrons. The molecule has 158 valence electrons. The zero-order valence-corrected chi connectivity index (χ0v) is 17.8. The minimum Gasteiger partial charge on any atom is -0.304 e. The Hall–Kier alpha value is -3.79. The van der Waals surface area contributed by atoms with E-state index in [2.05, 4.69) is 34.6 Å². The number of thiophene rings is 1. The highest BCUT2D eigenvalue weighted by Crippen LogP contribution is 2.19. The van der Waals surface area contributed by atoms with E-state index in [4.69, 9.17) is 0 Å². The molecular weight excluding hydrogens is 416 g/mol. The molecule has 3 aromatic heterocycles. The fourth-order valence-electron chi connectivity index (χ4n) is 3.16. The molecule has 31 heavy (non-hydrogen) atoms. The van der Waals surface area contributed by atoms with E-state index in [1.165, 1.54) is 39.5 Å². The summed E-state index contributed by atoms with van der Waals surface area (Å²) in [6.07, 6.45) is 2.57. The second-order valence-corrected chi connectivity index (χ2v) is 8.09. The Morgan fingerprint density at radius 2 is 2.03 bits per heavy atom. The summed E-state index contributed by atoms with van der Waals surface area (Å²) in [5, 5.41) is 23.9. The van der Waals surface area contributed by atoms with Crippen molar-refractivity contribution in [2.75, 3.05) is 5.32 Å². The molecule has 1 N–H and O–H groups in total. The molecule has 1 amide bonds. The van der Waals surface area contributed by atoms with Crippen LogP contribution in [0.3, 0.4) is 0 Å². The second kappa shape index (κ2) is 8.52. The number of nitrogens with zero attached hydrogens (tertiary/aromatic N) is 5. The van der Waals surface area contributed by atoms with E-state index in [9.17, 15) is 14.9 Å². The van der Waals surface area contributed by atoms with E-state index in [1.807, 2.05) is 35.2 Å². The number of hydrogen-bond donors (Lipinski definition) is 1. The van der Waals surface area contributed by atoms with Gasteiger partial charge in [-0.05, 0) is 42.0 Å². The van der Waals surface area contributed by atoms with Crippen molar-refractivity contribution in [2.24, 2.45) is 0 Å². The van der Waals surface area contributed by atoms with Gasteiger partial charge < -0.3 is 5.32 Å². The molecule has 0 aliphatic carbocycles. The molecular formula is C21H20N6O3S. The van der Waals surface area contributed by atoms with Gasteiger partial charge in [-0.1, -0.05) is 24.3 Å². The Bertz CT molecular complexity index is 1260. The summed E-state index contributed by atoms with van der Waals surface area (Å²) in [5.74, 6) is 0.247. The topological polar surface area (TPSA) is 108 Å². The number of aryl methyl sites for hydroxylation is 2. The summed E-state index contributed by atoms with van der Waals surface area (Å²) in [6, 6.07) is 11.7. The molecule has 0 aliphatic rings. The number of amides is 1. The Morgan fingerprint density at radius 1 is 1.23 bits per heavy atom. The summed E-state index contributed by atoms with van der Waals surface area (Å²) in [7, 11) is 0. The predicted molar refractivity (Wildman–Crippen MR) is 118 cm³/mol. The quantitative estimate of drug-likeness (QED) is 0.348. The number of nitro groups is 1. The Labute approximate surface area is 182 Å². The van der Waals surface area contributed by atoms with Crippen molar-refractivity contribution in [2.45, 2.75) is 26.9 Å². The van der Waals surface area contributed by atoms with Gasteiger partial charge in [0.25, 0.3) is 5.91 Å². The first kappa shape index (κ1) is 20.5. The third kappa shape index (κ3) is 4.69. The van der Waals surface area contributed by atoms with Crippen LogP contribution in [0.25, 0.3) is 0 Å². The van der Waals surface area contributed by atoms with Gasteiger partial charge in [-0.25, -0.2) is 0 Å². The maximum atomic E-state index is 12.6. The van der Waals surface area contributed by atoms with Crippen molar-refractivity contribution < 1.29 is 9.72 Å². The molecule has 4 aromatic rings. The lowest BCUT2D eigenvalue weighted by molar-refractivity contribution is -0.385. The Kier molecular flexibility index (Phi) is 5.63. The van der Waals surface area contributed by atoms with E-state index in [1.54, 1.807) is 6.07 Å². The average Bonchev–Trinajstić information content (AvgIpc) is 3.45. The number of carbonyl (C=O) groups excluding carboxylic acids is 1. The van der Waals surface area contributed by atoms with Crippen LogP contribution in [-0.4, -0.2) is 30.4 Å². The molecule has 0 aliphatic heterocycles. The van der Waals surface area contributed by atoms with Gasteiger partial charge in [-0.2, -0.15) is 10.2 Å². The highest BCUT2D eigenvalue weighted by Gasteiger charge is 2.14. The maximum Gasteiger partial charge on any atom is 0.307 e. The lowest BCUT2D eigenvalue weighted by Gasteiger charge is -2.07. The van der Waals surface area contributed by atoms with Crippen molar-refractivity contribution in [1.29, 1.82) is 0 Å². The number of rotatable bonds is 7. The van der Waals surface area contributed by atoms with Crippen LogP contribution in [0.2, 0.25) is 0 Å². The van der Waals surface area contributed by atoms with Gasteiger partial charge in [0.2, 0.25) is 0 Å². The highest BCUT2D eigenvalue weighted by molar-refractivity contribution is 7.12. The lowest BCUT2D eigenvalue weighted by Crippen LogP contribution is -2.12. The largest absolute Gasteiger partial charge is 0.307 e. The second-order valence-electron chi connectivity index (χ2n) is 7.18. The van der Waals surface area contributed by atoms with Gasteiger partial charge in [0.05, 0.1) is 22.9 Å². The predicted octanol–water partition coefficient (Wildman–Crippen LogP) is 4.02. The molecule has 3 heterocycles. The fourth-order valence-corrected chi connectivity index (χ4v) is 3.95. The van der Waals surface area contributed by atoms with Gasteiger partial charge in [-0.3, -0.25) is 24.3 Å². The summed E-state index contributed by atoms with van der Waals surface area (Å²) in [5.41, 5.74) is 4.09. The molecule has 10 heteroatoms. The van der Waals surface area contributed by atoms with Crippen LogP contribution in [0.15, 0.2) is 54.2 Å². The minimum absolute atomic E-state index is 0.0650. The fraction of sp³-hybridized carbons (Fsp3) is 0.190. The van der Waals surface area contributed by atoms with Crippen molar-refractivity contribution in [3.8, 4) is 0 Å². The van der Waals surface area contributed by atoms with E-state index >= 15 is 0 Å². The first-order valence-electron chi connectivity index (χ1n) is 9.53.